The first-order valence-corrected chi connectivity index (χ1v) is 8.15. The lowest BCUT2D eigenvalue weighted by Crippen LogP contribution is -2.14. The van der Waals surface area contributed by atoms with Crippen LogP contribution in [0, 0.1) is 5.82 Å². The lowest BCUT2D eigenvalue weighted by Gasteiger charge is -2.05. The van der Waals surface area contributed by atoms with E-state index in [4.69, 9.17) is 23.2 Å². The number of nitrogens with zero attached hydrogens (tertiary/aromatic N) is 1. The van der Waals surface area contributed by atoms with Crippen molar-refractivity contribution >= 4 is 45.6 Å². The summed E-state index contributed by atoms with van der Waals surface area (Å²) in [6.07, 6.45) is 0. The molecule has 0 atom stereocenters. The molecule has 3 nitrogen and oxygen atoms in total. The first-order valence-electron chi connectivity index (χ1n) is 6.52. The summed E-state index contributed by atoms with van der Waals surface area (Å²) in [4.78, 5) is 16.5. The molecule has 116 valence electrons. The third-order valence-corrected chi connectivity index (χ3v) is 4.47. The van der Waals surface area contributed by atoms with Gasteiger partial charge in [0.2, 0.25) is 0 Å². The van der Waals surface area contributed by atoms with Gasteiger partial charge in [-0.05, 0) is 18.2 Å². The summed E-state index contributed by atoms with van der Waals surface area (Å²) < 4.78 is 13.7. The highest BCUT2D eigenvalue weighted by Crippen LogP contribution is 2.30. The van der Waals surface area contributed by atoms with Crippen LogP contribution in [0.2, 0.25) is 10.0 Å². The Labute approximate surface area is 145 Å². The van der Waals surface area contributed by atoms with Crippen LogP contribution in [0.3, 0.4) is 0 Å². The van der Waals surface area contributed by atoms with Crippen molar-refractivity contribution in [1.29, 1.82) is 0 Å². The molecule has 0 aliphatic rings. The van der Waals surface area contributed by atoms with Gasteiger partial charge in [0.05, 0.1) is 16.3 Å². The molecule has 0 unspecified atom stereocenters. The Morgan fingerprint density at radius 2 is 1.83 bits per heavy atom. The minimum Gasteiger partial charge on any atom is -0.298 e. The molecular weight excluding hydrogens is 358 g/mol. The highest BCUT2D eigenvalue weighted by Gasteiger charge is 2.17. The van der Waals surface area contributed by atoms with Gasteiger partial charge in [-0.2, -0.15) is 0 Å². The molecular formula is C16H9Cl2FN2OS. The molecule has 1 N–H and O–H groups in total. The Kier molecular flexibility index (Phi) is 4.61. The molecule has 0 fully saturated rings. The lowest BCUT2D eigenvalue weighted by atomic mass is 10.2. The van der Waals surface area contributed by atoms with Crippen molar-refractivity contribution in [2.45, 2.75) is 0 Å². The summed E-state index contributed by atoms with van der Waals surface area (Å²) in [7, 11) is 0. The van der Waals surface area contributed by atoms with E-state index in [1.165, 1.54) is 29.5 Å². The number of benzene rings is 2. The van der Waals surface area contributed by atoms with Crippen molar-refractivity contribution in [2.24, 2.45) is 0 Å². The van der Waals surface area contributed by atoms with E-state index in [2.05, 4.69) is 10.3 Å². The molecule has 0 spiro atoms. The molecule has 1 amide bonds. The van der Waals surface area contributed by atoms with Gasteiger partial charge in [0.15, 0.2) is 5.13 Å². The van der Waals surface area contributed by atoms with Crippen LogP contribution < -0.4 is 5.32 Å². The second kappa shape index (κ2) is 6.66. The zero-order valence-corrected chi connectivity index (χ0v) is 13.8. The summed E-state index contributed by atoms with van der Waals surface area (Å²) in [6, 6.07) is 11.3. The Hall–Kier alpha value is -1.95. The van der Waals surface area contributed by atoms with Crippen LogP contribution in [0.4, 0.5) is 9.52 Å². The Morgan fingerprint density at radius 1 is 1.09 bits per heavy atom. The number of anilines is 1. The molecule has 23 heavy (non-hydrogen) atoms. The lowest BCUT2D eigenvalue weighted by molar-refractivity contribution is 0.102. The fraction of sp³-hybridized carbons (Fsp3) is 0. The predicted molar refractivity (Wildman–Crippen MR) is 91.9 cm³/mol. The maximum absolute atomic E-state index is 13.7. The van der Waals surface area contributed by atoms with Crippen LogP contribution in [-0.4, -0.2) is 10.9 Å². The third-order valence-electron chi connectivity index (χ3n) is 3.06. The molecule has 0 aliphatic carbocycles. The van der Waals surface area contributed by atoms with Gasteiger partial charge in [-0.3, -0.25) is 10.1 Å². The minimum atomic E-state index is -0.683. The normalized spacial score (nSPS) is 10.6. The van der Waals surface area contributed by atoms with Gasteiger partial charge in [0.1, 0.15) is 5.82 Å². The number of halogens is 3. The van der Waals surface area contributed by atoms with Crippen molar-refractivity contribution in [1.82, 2.24) is 4.98 Å². The number of aromatic nitrogens is 1. The second-order valence-corrected chi connectivity index (χ2v) is 6.24. The monoisotopic (exact) mass is 366 g/mol. The van der Waals surface area contributed by atoms with E-state index in [0.29, 0.717) is 15.8 Å². The van der Waals surface area contributed by atoms with Crippen LogP contribution in [-0.2, 0) is 0 Å². The fourth-order valence-corrected chi connectivity index (χ4v) is 3.19. The smallest absolute Gasteiger partial charge is 0.261 e. The van der Waals surface area contributed by atoms with Crippen LogP contribution in [0.15, 0.2) is 47.8 Å². The molecule has 7 heteroatoms. The first kappa shape index (κ1) is 15.9. The fourth-order valence-electron chi connectivity index (χ4n) is 2.00. The van der Waals surface area contributed by atoms with Crippen molar-refractivity contribution in [2.75, 3.05) is 5.32 Å². The molecule has 0 saturated heterocycles. The number of thiazole rings is 1. The quantitative estimate of drug-likeness (QED) is 0.663. The average Bonchev–Trinajstić information content (AvgIpc) is 2.95. The van der Waals surface area contributed by atoms with Gasteiger partial charge in [-0.15, -0.1) is 11.3 Å². The highest BCUT2D eigenvalue weighted by molar-refractivity contribution is 7.14. The van der Waals surface area contributed by atoms with Crippen LogP contribution in [0.5, 0.6) is 0 Å². The Balaban J connectivity index is 1.85. The van der Waals surface area contributed by atoms with E-state index < -0.39 is 11.7 Å². The summed E-state index contributed by atoms with van der Waals surface area (Å²) >= 11 is 13.2. The largest absolute Gasteiger partial charge is 0.298 e. The summed E-state index contributed by atoms with van der Waals surface area (Å²) in [5.41, 5.74) is 1.19. The van der Waals surface area contributed by atoms with Gasteiger partial charge in [0.25, 0.3) is 5.91 Å². The molecule has 0 bridgehead atoms. The van der Waals surface area contributed by atoms with Crippen molar-refractivity contribution in [3.63, 3.8) is 0 Å². The summed E-state index contributed by atoms with van der Waals surface area (Å²) in [5, 5.41) is 5.26. The van der Waals surface area contributed by atoms with E-state index in [1.807, 2.05) is 18.2 Å². The molecule has 1 heterocycles. The number of hydrogen-bond acceptors (Lipinski definition) is 3. The topological polar surface area (TPSA) is 42.0 Å². The van der Waals surface area contributed by atoms with E-state index in [0.717, 1.165) is 5.56 Å². The number of amides is 1. The third kappa shape index (κ3) is 3.37. The van der Waals surface area contributed by atoms with Gasteiger partial charge in [-0.25, -0.2) is 9.37 Å². The van der Waals surface area contributed by atoms with Gasteiger partial charge >= 0.3 is 0 Å². The Morgan fingerprint density at radius 3 is 2.57 bits per heavy atom. The molecule has 1 aromatic heterocycles. The van der Waals surface area contributed by atoms with E-state index in [1.54, 1.807) is 11.4 Å². The van der Waals surface area contributed by atoms with Gasteiger partial charge in [-0.1, -0.05) is 47.5 Å². The van der Waals surface area contributed by atoms with E-state index >= 15 is 0 Å². The van der Waals surface area contributed by atoms with Gasteiger partial charge < -0.3 is 0 Å². The van der Waals surface area contributed by atoms with E-state index in [9.17, 15) is 9.18 Å². The van der Waals surface area contributed by atoms with Crippen molar-refractivity contribution < 1.29 is 9.18 Å². The molecule has 3 rings (SSSR count). The maximum atomic E-state index is 13.7. The standard InChI is InChI=1S/C16H9Cl2FN2OS/c17-10-5-2-1-4-9(10)13-8-23-16(20-13)21-15(22)14-11(18)6-3-7-12(14)19/h1-8H,(H,20,21,22). The predicted octanol–water partition coefficient (Wildman–Crippen LogP) is 5.51. The zero-order valence-electron chi connectivity index (χ0n) is 11.5. The number of hydrogen-bond donors (Lipinski definition) is 1. The van der Waals surface area contributed by atoms with Crippen LogP contribution in [0.1, 0.15) is 10.4 Å². The summed E-state index contributed by atoms with van der Waals surface area (Å²) in [6.45, 7) is 0. The SMILES string of the molecule is O=C(Nc1nc(-c2ccccc2Cl)cs1)c1c(F)cccc1Cl. The minimum absolute atomic E-state index is 0.0467. The number of rotatable bonds is 3. The summed E-state index contributed by atoms with van der Waals surface area (Å²) in [5.74, 6) is -1.33. The van der Waals surface area contributed by atoms with Crippen molar-refractivity contribution in [3.8, 4) is 11.3 Å². The second-order valence-electron chi connectivity index (χ2n) is 4.57. The first-order chi connectivity index (χ1) is 11.1. The van der Waals surface area contributed by atoms with E-state index in [-0.39, 0.29) is 10.6 Å². The zero-order chi connectivity index (χ0) is 16.4. The number of carbonyl (C=O) groups is 1. The van der Waals surface area contributed by atoms with Gasteiger partial charge in [0, 0.05) is 16.0 Å². The molecule has 2 aromatic carbocycles. The molecule has 0 saturated carbocycles. The maximum Gasteiger partial charge on any atom is 0.261 e. The molecule has 0 aliphatic heterocycles. The number of carbonyl (C=O) groups excluding carboxylic acids is 1. The van der Waals surface area contributed by atoms with Crippen LogP contribution >= 0.6 is 34.5 Å². The number of nitrogens with one attached hydrogen (secondary N) is 1. The highest BCUT2D eigenvalue weighted by atomic mass is 35.5. The van der Waals surface area contributed by atoms with Crippen molar-refractivity contribution in [3.05, 3.63) is 69.3 Å². The van der Waals surface area contributed by atoms with Crippen LogP contribution in [0.25, 0.3) is 11.3 Å². The average molecular weight is 367 g/mol. The molecule has 0 radical (unpaired) electrons. The Bertz CT molecular complexity index is 862. The molecule has 3 aromatic rings.